The lowest BCUT2D eigenvalue weighted by Gasteiger charge is -2.26. The molecule has 2 aliphatic heterocycles. The maximum atomic E-state index is 3.62. The smallest absolute Gasteiger partial charge is 0.0523 e. The molecule has 2 nitrogen and oxygen atoms in total. The van der Waals surface area contributed by atoms with E-state index < -0.39 is 0 Å². The average molecular weight is 253 g/mol. The topological polar surface area (TPSA) is 24.1 Å². The van der Waals surface area contributed by atoms with Gasteiger partial charge in [0.2, 0.25) is 0 Å². The number of rotatable bonds is 0. The Kier molecular flexibility index (Phi) is 2.03. The Hall–Kier alpha value is -0.540. The number of hydrogen-bond donors (Lipinski definition) is 2. The summed E-state index contributed by atoms with van der Waals surface area (Å²) in [7, 11) is 0. The van der Waals surface area contributed by atoms with Gasteiger partial charge in [-0.2, -0.15) is 0 Å². The van der Waals surface area contributed by atoms with Crippen LogP contribution in [-0.2, 0) is 0 Å². The maximum absolute atomic E-state index is 3.62. The molecule has 0 amide bonds. The molecule has 2 heterocycles. The SMILES string of the molecule is Brc1cccc2c1N[C@H]1CCNC[C@H]21. The quantitative estimate of drug-likeness (QED) is 0.741. The first-order chi connectivity index (χ1) is 6.86. The number of benzene rings is 1. The summed E-state index contributed by atoms with van der Waals surface area (Å²) < 4.78 is 1.20. The standard InChI is InChI=1S/C11H13BrN2/c12-9-3-1-2-7-8-6-13-5-4-10(8)14-11(7)9/h1-3,8,10,13-14H,4-6H2/t8-,10+/m1/s1. The minimum Gasteiger partial charge on any atom is -0.380 e. The zero-order valence-electron chi connectivity index (χ0n) is 7.89. The van der Waals surface area contributed by atoms with Crippen LogP contribution in [0.5, 0.6) is 0 Å². The molecule has 3 heteroatoms. The maximum Gasteiger partial charge on any atom is 0.0523 e. The van der Waals surface area contributed by atoms with E-state index in [0.29, 0.717) is 12.0 Å². The lowest BCUT2D eigenvalue weighted by atomic mass is 9.91. The first kappa shape index (κ1) is 8.74. The third-order valence-electron chi connectivity index (χ3n) is 3.26. The van der Waals surface area contributed by atoms with Crippen molar-refractivity contribution >= 4 is 21.6 Å². The van der Waals surface area contributed by atoms with Crippen molar-refractivity contribution in [2.24, 2.45) is 0 Å². The van der Waals surface area contributed by atoms with E-state index in [9.17, 15) is 0 Å². The fourth-order valence-corrected chi connectivity index (χ4v) is 3.04. The summed E-state index contributed by atoms with van der Waals surface area (Å²) in [5.41, 5.74) is 2.78. The van der Waals surface area contributed by atoms with Crippen molar-refractivity contribution in [3.8, 4) is 0 Å². The van der Waals surface area contributed by atoms with Crippen LogP contribution in [0.4, 0.5) is 5.69 Å². The number of halogens is 1. The van der Waals surface area contributed by atoms with Crippen LogP contribution in [0.3, 0.4) is 0 Å². The third kappa shape index (κ3) is 1.19. The van der Waals surface area contributed by atoms with Crippen LogP contribution in [0.15, 0.2) is 22.7 Å². The van der Waals surface area contributed by atoms with Crippen LogP contribution in [0, 0.1) is 0 Å². The highest BCUT2D eigenvalue weighted by atomic mass is 79.9. The van der Waals surface area contributed by atoms with Crippen molar-refractivity contribution in [3.05, 3.63) is 28.2 Å². The Labute approximate surface area is 92.2 Å². The Bertz CT molecular complexity index is 364. The molecule has 0 bridgehead atoms. The second-order valence-corrected chi connectivity index (χ2v) is 4.91. The van der Waals surface area contributed by atoms with Gasteiger partial charge in [-0.1, -0.05) is 12.1 Å². The summed E-state index contributed by atoms with van der Waals surface area (Å²) >= 11 is 3.60. The highest BCUT2D eigenvalue weighted by molar-refractivity contribution is 9.10. The molecule has 14 heavy (non-hydrogen) atoms. The fourth-order valence-electron chi connectivity index (χ4n) is 2.55. The van der Waals surface area contributed by atoms with Crippen molar-refractivity contribution in [1.29, 1.82) is 0 Å². The summed E-state index contributed by atoms with van der Waals surface area (Å²) in [6, 6.07) is 7.12. The molecule has 1 aromatic rings. The molecule has 0 aromatic heterocycles. The zero-order chi connectivity index (χ0) is 9.54. The van der Waals surface area contributed by atoms with Crippen LogP contribution in [-0.4, -0.2) is 19.1 Å². The van der Waals surface area contributed by atoms with E-state index in [1.807, 2.05) is 0 Å². The minimum atomic E-state index is 0.643. The van der Waals surface area contributed by atoms with Gasteiger partial charge in [-0.25, -0.2) is 0 Å². The third-order valence-corrected chi connectivity index (χ3v) is 3.92. The number of anilines is 1. The molecular formula is C11H13BrN2. The molecule has 0 saturated carbocycles. The largest absolute Gasteiger partial charge is 0.380 e. The Morgan fingerprint density at radius 3 is 3.21 bits per heavy atom. The molecule has 0 aliphatic carbocycles. The zero-order valence-corrected chi connectivity index (χ0v) is 9.47. The van der Waals surface area contributed by atoms with Gasteiger partial charge in [0.25, 0.3) is 0 Å². The molecule has 3 rings (SSSR count). The second kappa shape index (κ2) is 3.24. The molecule has 0 unspecified atom stereocenters. The summed E-state index contributed by atoms with van der Waals surface area (Å²) in [5, 5.41) is 7.08. The molecular weight excluding hydrogens is 240 g/mol. The van der Waals surface area contributed by atoms with E-state index in [2.05, 4.69) is 44.8 Å². The van der Waals surface area contributed by atoms with Crippen molar-refractivity contribution in [2.45, 2.75) is 18.4 Å². The fraction of sp³-hybridized carbons (Fsp3) is 0.455. The molecule has 1 aromatic carbocycles. The van der Waals surface area contributed by atoms with E-state index in [-0.39, 0.29) is 0 Å². The van der Waals surface area contributed by atoms with Gasteiger partial charge in [0.15, 0.2) is 0 Å². The van der Waals surface area contributed by atoms with Gasteiger partial charge in [-0.05, 0) is 40.5 Å². The van der Waals surface area contributed by atoms with E-state index >= 15 is 0 Å². The molecule has 0 radical (unpaired) electrons. The molecule has 0 spiro atoms. The first-order valence-corrected chi connectivity index (χ1v) is 5.91. The van der Waals surface area contributed by atoms with Gasteiger partial charge in [-0.3, -0.25) is 0 Å². The molecule has 1 fully saturated rings. The number of para-hydroxylation sites is 1. The summed E-state index contributed by atoms with van der Waals surface area (Å²) in [5.74, 6) is 0.663. The van der Waals surface area contributed by atoms with Crippen LogP contribution in [0.25, 0.3) is 0 Å². The average Bonchev–Trinajstić information content (AvgIpc) is 2.59. The van der Waals surface area contributed by atoms with Gasteiger partial charge >= 0.3 is 0 Å². The van der Waals surface area contributed by atoms with Crippen molar-refractivity contribution in [1.82, 2.24) is 5.32 Å². The van der Waals surface area contributed by atoms with Gasteiger partial charge in [-0.15, -0.1) is 0 Å². The van der Waals surface area contributed by atoms with E-state index in [4.69, 9.17) is 0 Å². The van der Waals surface area contributed by atoms with Gasteiger partial charge in [0, 0.05) is 23.0 Å². The number of nitrogens with one attached hydrogen (secondary N) is 2. The summed E-state index contributed by atoms with van der Waals surface area (Å²) in [6.45, 7) is 2.25. The number of hydrogen-bond acceptors (Lipinski definition) is 2. The normalized spacial score (nSPS) is 29.2. The molecule has 1 saturated heterocycles. The predicted molar refractivity (Wildman–Crippen MR) is 61.8 cm³/mol. The minimum absolute atomic E-state index is 0.643. The number of piperidine rings is 1. The van der Waals surface area contributed by atoms with Crippen molar-refractivity contribution in [2.75, 3.05) is 18.4 Å². The summed E-state index contributed by atoms with van der Waals surface area (Å²) in [6.07, 6.45) is 1.23. The van der Waals surface area contributed by atoms with Crippen LogP contribution >= 0.6 is 15.9 Å². The Morgan fingerprint density at radius 1 is 1.36 bits per heavy atom. The molecule has 74 valence electrons. The Balaban J connectivity index is 2.05. The molecule has 2 N–H and O–H groups in total. The molecule has 2 aliphatic rings. The van der Waals surface area contributed by atoms with Crippen LogP contribution < -0.4 is 10.6 Å². The lowest BCUT2D eigenvalue weighted by molar-refractivity contribution is 0.440. The van der Waals surface area contributed by atoms with Gasteiger partial charge < -0.3 is 10.6 Å². The van der Waals surface area contributed by atoms with Crippen molar-refractivity contribution < 1.29 is 0 Å². The van der Waals surface area contributed by atoms with E-state index in [1.54, 1.807) is 0 Å². The lowest BCUT2D eigenvalue weighted by Crippen LogP contribution is -2.38. The van der Waals surface area contributed by atoms with Gasteiger partial charge in [0.1, 0.15) is 0 Å². The number of fused-ring (bicyclic) bond motifs is 3. The first-order valence-electron chi connectivity index (χ1n) is 5.12. The monoisotopic (exact) mass is 252 g/mol. The highest BCUT2D eigenvalue weighted by Gasteiger charge is 2.34. The molecule has 2 atom stereocenters. The van der Waals surface area contributed by atoms with Crippen molar-refractivity contribution in [3.63, 3.8) is 0 Å². The van der Waals surface area contributed by atoms with Gasteiger partial charge in [0.05, 0.1) is 5.69 Å². The predicted octanol–water partition coefficient (Wildman–Crippen LogP) is 2.32. The second-order valence-electron chi connectivity index (χ2n) is 4.05. The highest BCUT2D eigenvalue weighted by Crippen LogP contribution is 2.41. The van der Waals surface area contributed by atoms with Crippen LogP contribution in [0.1, 0.15) is 17.9 Å². The van der Waals surface area contributed by atoms with Crippen LogP contribution in [0.2, 0.25) is 0 Å². The van der Waals surface area contributed by atoms with E-state index in [1.165, 1.54) is 22.1 Å². The Morgan fingerprint density at radius 2 is 2.29 bits per heavy atom. The summed E-state index contributed by atoms with van der Waals surface area (Å²) in [4.78, 5) is 0. The van der Waals surface area contributed by atoms with E-state index in [0.717, 1.165) is 13.1 Å².